The van der Waals surface area contributed by atoms with Crippen molar-refractivity contribution < 1.29 is 4.79 Å². The second-order valence-corrected chi connectivity index (χ2v) is 7.90. The summed E-state index contributed by atoms with van der Waals surface area (Å²) in [5, 5.41) is 19.6. The Labute approximate surface area is 188 Å². The maximum absolute atomic E-state index is 12.5. The fourth-order valence-corrected chi connectivity index (χ4v) is 3.87. The summed E-state index contributed by atoms with van der Waals surface area (Å²) in [7, 11) is 1.97. The van der Waals surface area contributed by atoms with E-state index in [2.05, 4.69) is 35.5 Å². The molecule has 1 aliphatic heterocycles. The van der Waals surface area contributed by atoms with Crippen molar-refractivity contribution >= 4 is 28.8 Å². The summed E-state index contributed by atoms with van der Waals surface area (Å²) in [6.45, 7) is 2.08. The summed E-state index contributed by atoms with van der Waals surface area (Å²) in [6, 6.07) is 21.1. The van der Waals surface area contributed by atoms with Crippen LogP contribution in [-0.2, 0) is 4.79 Å². The average molecular weight is 430 g/mol. The van der Waals surface area contributed by atoms with Crippen LogP contribution >= 0.6 is 0 Å². The van der Waals surface area contributed by atoms with Crippen molar-refractivity contribution in [3.63, 3.8) is 0 Å². The normalized spacial score (nSPS) is 16.1. The number of nitrogens with zero attached hydrogens (tertiary/aromatic N) is 6. The lowest BCUT2D eigenvalue weighted by Gasteiger charge is -2.28. The molecule has 0 saturated carbocycles. The van der Waals surface area contributed by atoms with Crippen LogP contribution in [0, 0.1) is 0 Å². The molecule has 3 aromatic rings. The highest BCUT2D eigenvalue weighted by Gasteiger charge is 2.27. The number of aromatic nitrogens is 2. The first-order valence-electron chi connectivity index (χ1n) is 10.8. The molecule has 1 fully saturated rings. The van der Waals surface area contributed by atoms with E-state index in [1.807, 2.05) is 73.8 Å². The van der Waals surface area contributed by atoms with Crippen LogP contribution in [0.5, 0.6) is 0 Å². The van der Waals surface area contributed by atoms with E-state index >= 15 is 0 Å². The van der Waals surface area contributed by atoms with E-state index in [1.54, 1.807) is 6.20 Å². The van der Waals surface area contributed by atoms with Crippen LogP contribution in [0.25, 0.3) is 0 Å². The molecule has 0 radical (unpaired) electrons. The van der Waals surface area contributed by atoms with Gasteiger partial charge in [0.15, 0.2) is 5.82 Å². The first-order valence-corrected chi connectivity index (χ1v) is 10.8. The number of azo groups is 1. The second-order valence-electron chi connectivity index (χ2n) is 7.90. The molecule has 0 spiro atoms. The van der Waals surface area contributed by atoms with Gasteiger partial charge in [-0.3, -0.25) is 9.69 Å². The number of benzene rings is 2. The predicted octanol–water partition coefficient (Wildman–Crippen LogP) is 4.43. The molecule has 4 rings (SSSR count). The molecule has 8 nitrogen and oxygen atoms in total. The number of nitrogens with one attached hydrogen (secondary N) is 1. The van der Waals surface area contributed by atoms with Crippen LogP contribution in [0.3, 0.4) is 0 Å². The van der Waals surface area contributed by atoms with Crippen LogP contribution in [-0.4, -0.2) is 53.7 Å². The quantitative estimate of drug-likeness (QED) is 0.535. The monoisotopic (exact) mass is 429 g/mol. The maximum Gasteiger partial charge on any atom is 0.238 e. The molecule has 164 valence electrons. The van der Waals surface area contributed by atoms with E-state index < -0.39 is 0 Å². The molecule has 1 amide bonds. The topological polar surface area (TPSA) is 86.1 Å². The first kappa shape index (κ1) is 21.6. The van der Waals surface area contributed by atoms with Gasteiger partial charge in [-0.25, -0.2) is 0 Å². The minimum Gasteiger partial charge on any atom is -0.351 e. The molecule has 0 bridgehead atoms. The standard InChI is InChI=1S/C24H27N7O/c1-30(17-22-9-6-16-31(22)23-10-5-15-25-29-23)18-24(32)26-19-11-13-21(14-12-19)28-27-20-7-3-2-4-8-20/h2-5,7-8,10-15,22H,6,9,16-18H2,1H3,(H,26,32). The smallest absolute Gasteiger partial charge is 0.238 e. The lowest BCUT2D eigenvalue weighted by atomic mass is 10.2. The highest BCUT2D eigenvalue weighted by atomic mass is 16.2. The Balaban J connectivity index is 1.26. The molecular weight excluding hydrogens is 402 g/mol. The van der Waals surface area contributed by atoms with Gasteiger partial charge in [0.05, 0.1) is 17.9 Å². The number of hydrogen-bond acceptors (Lipinski definition) is 7. The summed E-state index contributed by atoms with van der Waals surface area (Å²) in [5.41, 5.74) is 2.27. The second kappa shape index (κ2) is 10.6. The molecule has 2 heterocycles. The fraction of sp³-hybridized carbons (Fsp3) is 0.292. The van der Waals surface area contributed by atoms with Crippen molar-refractivity contribution in [2.75, 3.05) is 36.9 Å². The van der Waals surface area contributed by atoms with Gasteiger partial charge in [0.1, 0.15) is 0 Å². The molecule has 1 saturated heterocycles. The van der Waals surface area contributed by atoms with Gasteiger partial charge in [-0.2, -0.15) is 15.3 Å². The molecule has 1 N–H and O–H groups in total. The summed E-state index contributed by atoms with van der Waals surface area (Å²) in [4.78, 5) is 16.8. The van der Waals surface area contributed by atoms with E-state index in [9.17, 15) is 4.79 Å². The average Bonchev–Trinajstić information content (AvgIpc) is 3.27. The third kappa shape index (κ3) is 5.95. The summed E-state index contributed by atoms with van der Waals surface area (Å²) in [6.07, 6.45) is 3.89. The fourth-order valence-electron chi connectivity index (χ4n) is 3.87. The van der Waals surface area contributed by atoms with E-state index in [4.69, 9.17) is 0 Å². The lowest BCUT2D eigenvalue weighted by Crippen LogP contribution is -2.42. The van der Waals surface area contributed by atoms with Gasteiger partial charge in [0.25, 0.3) is 0 Å². The maximum atomic E-state index is 12.5. The van der Waals surface area contributed by atoms with Crippen molar-refractivity contribution in [2.24, 2.45) is 10.2 Å². The number of carbonyl (C=O) groups is 1. The Morgan fingerprint density at radius 2 is 1.81 bits per heavy atom. The largest absolute Gasteiger partial charge is 0.351 e. The van der Waals surface area contributed by atoms with Crippen molar-refractivity contribution in [3.05, 3.63) is 72.9 Å². The molecule has 2 aromatic carbocycles. The number of anilines is 2. The van der Waals surface area contributed by atoms with Gasteiger partial charge < -0.3 is 10.2 Å². The molecule has 1 unspecified atom stereocenters. The minimum absolute atomic E-state index is 0.0461. The van der Waals surface area contributed by atoms with Crippen LogP contribution in [0.4, 0.5) is 22.9 Å². The Morgan fingerprint density at radius 1 is 1.06 bits per heavy atom. The molecule has 1 atom stereocenters. The summed E-state index contributed by atoms with van der Waals surface area (Å²) >= 11 is 0. The highest BCUT2D eigenvalue weighted by molar-refractivity contribution is 5.92. The molecule has 1 aliphatic rings. The third-order valence-corrected chi connectivity index (χ3v) is 5.35. The highest BCUT2D eigenvalue weighted by Crippen LogP contribution is 2.24. The Morgan fingerprint density at radius 3 is 2.53 bits per heavy atom. The van der Waals surface area contributed by atoms with Crippen molar-refractivity contribution in [1.82, 2.24) is 15.1 Å². The van der Waals surface area contributed by atoms with E-state index in [0.29, 0.717) is 12.6 Å². The van der Waals surface area contributed by atoms with Gasteiger partial charge in [0, 0.05) is 31.0 Å². The van der Waals surface area contributed by atoms with Crippen molar-refractivity contribution in [1.29, 1.82) is 0 Å². The predicted molar refractivity (Wildman–Crippen MR) is 126 cm³/mol. The number of amides is 1. The molecule has 1 aromatic heterocycles. The zero-order valence-corrected chi connectivity index (χ0v) is 18.1. The summed E-state index contributed by atoms with van der Waals surface area (Å²) < 4.78 is 0. The number of likely N-dealkylation sites (N-methyl/N-ethyl adjacent to an activating group) is 1. The lowest BCUT2D eigenvalue weighted by molar-refractivity contribution is -0.117. The van der Waals surface area contributed by atoms with Crippen molar-refractivity contribution in [3.8, 4) is 0 Å². The van der Waals surface area contributed by atoms with Crippen LogP contribution in [0.2, 0.25) is 0 Å². The molecule has 8 heteroatoms. The zero-order valence-electron chi connectivity index (χ0n) is 18.1. The van der Waals surface area contributed by atoms with E-state index in [-0.39, 0.29) is 5.91 Å². The van der Waals surface area contributed by atoms with Gasteiger partial charge in [-0.1, -0.05) is 18.2 Å². The molecular formula is C24H27N7O. The van der Waals surface area contributed by atoms with Gasteiger partial charge >= 0.3 is 0 Å². The Kier molecular flexibility index (Phi) is 7.14. The van der Waals surface area contributed by atoms with Gasteiger partial charge in [-0.15, -0.1) is 5.10 Å². The van der Waals surface area contributed by atoms with Crippen molar-refractivity contribution in [2.45, 2.75) is 18.9 Å². The molecule has 32 heavy (non-hydrogen) atoms. The van der Waals surface area contributed by atoms with Crippen LogP contribution in [0.1, 0.15) is 12.8 Å². The van der Waals surface area contributed by atoms with E-state index in [1.165, 1.54) is 0 Å². The first-order chi connectivity index (χ1) is 15.7. The molecule has 0 aliphatic carbocycles. The third-order valence-electron chi connectivity index (χ3n) is 5.35. The Hall–Kier alpha value is -3.65. The SMILES string of the molecule is CN(CC(=O)Nc1ccc(N=Nc2ccccc2)cc1)CC1CCCN1c1cccnn1. The van der Waals surface area contributed by atoms with Gasteiger partial charge in [0.2, 0.25) is 5.91 Å². The number of hydrogen-bond donors (Lipinski definition) is 1. The van der Waals surface area contributed by atoms with Crippen LogP contribution in [0.15, 0.2) is 83.2 Å². The number of carbonyl (C=O) groups excluding carboxylic acids is 1. The van der Waals surface area contributed by atoms with Gasteiger partial charge in [-0.05, 0) is 68.4 Å². The van der Waals surface area contributed by atoms with E-state index in [0.717, 1.165) is 48.8 Å². The number of rotatable bonds is 8. The zero-order chi connectivity index (χ0) is 22.2. The summed E-state index contributed by atoms with van der Waals surface area (Å²) in [5.74, 6) is 0.854. The minimum atomic E-state index is -0.0461. The Bertz CT molecular complexity index is 1030. The van der Waals surface area contributed by atoms with Crippen LogP contribution < -0.4 is 10.2 Å².